The Kier molecular flexibility index (Phi) is 15.7. The maximum Gasteiger partial charge on any atom is 0.233 e. The number of allylic oxidation sites excluding steroid dienone is 1. The number of rotatable bonds is 20. The molecule has 2 aliphatic rings. The SMILES string of the molecule is O=C1[C@H](CC=Cc2ccc(F)cc2)[C@@H](c2ccc(C[C@@H]3O[C@H](COCc4ccccc4)[C@@H](OCc4ccccc4)[C@H](OCc4ccccc4)[C@H]3OCc3ccccc3)cc2)N1c1ccc(F)cc1. The van der Waals surface area contributed by atoms with Crippen molar-refractivity contribution in [3.8, 4) is 0 Å². The lowest BCUT2D eigenvalue weighted by atomic mass is 9.79. The van der Waals surface area contributed by atoms with Gasteiger partial charge in [-0.15, -0.1) is 0 Å². The van der Waals surface area contributed by atoms with E-state index in [1.807, 2.05) is 121 Å². The second-order valence-electron chi connectivity index (χ2n) is 17.4. The fraction of sp³-hybridized carbons (Fsp3) is 0.237. The second kappa shape index (κ2) is 22.9. The number of carbonyl (C=O) groups excluding carboxylic acids is 1. The Morgan fingerprint density at radius 3 is 1.50 bits per heavy atom. The highest BCUT2D eigenvalue weighted by Crippen LogP contribution is 2.45. The molecule has 346 valence electrons. The Labute approximate surface area is 397 Å². The molecule has 0 unspecified atom stereocenters. The van der Waals surface area contributed by atoms with Crippen molar-refractivity contribution in [2.75, 3.05) is 11.5 Å². The van der Waals surface area contributed by atoms with E-state index in [-0.39, 0.29) is 36.1 Å². The summed E-state index contributed by atoms with van der Waals surface area (Å²) in [5, 5.41) is 0. The Morgan fingerprint density at radius 2 is 0.971 bits per heavy atom. The van der Waals surface area contributed by atoms with Crippen molar-refractivity contribution in [1.82, 2.24) is 0 Å². The fourth-order valence-corrected chi connectivity index (χ4v) is 9.11. The average Bonchev–Trinajstić information content (AvgIpc) is 3.38. The zero-order valence-corrected chi connectivity index (χ0v) is 37.8. The van der Waals surface area contributed by atoms with Gasteiger partial charge in [0.2, 0.25) is 5.91 Å². The predicted octanol–water partition coefficient (Wildman–Crippen LogP) is 12.1. The number of anilines is 1. The van der Waals surface area contributed by atoms with Crippen LogP contribution in [0.25, 0.3) is 6.08 Å². The summed E-state index contributed by atoms with van der Waals surface area (Å²) < 4.78 is 62.1. The first kappa shape index (κ1) is 46.5. The molecular formula is C59H55F2NO6. The molecule has 7 aromatic carbocycles. The molecule has 2 fully saturated rings. The van der Waals surface area contributed by atoms with Crippen LogP contribution in [-0.4, -0.2) is 43.0 Å². The third-order valence-electron chi connectivity index (χ3n) is 12.6. The van der Waals surface area contributed by atoms with E-state index < -0.39 is 30.5 Å². The highest BCUT2D eigenvalue weighted by Gasteiger charge is 2.50. The standard InChI is InChI=1S/C59H55F2NO6/c60-49-30-26-42(27-31-49)22-13-23-52-55(62(59(52)63)51-34-32-50(61)33-35-51)48-28-24-43(25-29-48)36-53-56(65-38-45-16-7-2-8-17-45)58(67-40-47-20-11-4-12-21-47)57(66-39-46-18-9-3-10-19-46)54(68-53)41-64-37-44-14-5-1-6-15-44/h1-22,24-35,52-58H,23,36-41H2/t52-,53+,54-,55-,56+,57-,58-/m1/s1. The molecule has 2 heterocycles. The third-order valence-corrected chi connectivity index (χ3v) is 12.6. The van der Waals surface area contributed by atoms with E-state index in [1.54, 1.807) is 29.2 Å². The lowest BCUT2D eigenvalue weighted by Gasteiger charge is -2.47. The number of nitrogens with zero attached hydrogens (tertiary/aromatic N) is 1. The van der Waals surface area contributed by atoms with Gasteiger partial charge in [0.1, 0.15) is 36.1 Å². The number of β-lactam (4-membered cyclic amide) rings is 1. The summed E-state index contributed by atoms with van der Waals surface area (Å²) in [4.78, 5) is 15.6. The maximum absolute atomic E-state index is 14.1. The molecule has 7 aromatic rings. The molecule has 0 N–H and O–H groups in total. The molecule has 0 aromatic heterocycles. The highest BCUT2D eigenvalue weighted by molar-refractivity contribution is 6.03. The van der Waals surface area contributed by atoms with Crippen LogP contribution in [0.1, 0.15) is 51.4 Å². The van der Waals surface area contributed by atoms with E-state index in [0.29, 0.717) is 45.0 Å². The van der Waals surface area contributed by atoms with E-state index in [1.165, 1.54) is 24.3 Å². The van der Waals surface area contributed by atoms with Gasteiger partial charge in [-0.1, -0.05) is 170 Å². The van der Waals surface area contributed by atoms with Crippen molar-refractivity contribution in [3.63, 3.8) is 0 Å². The minimum absolute atomic E-state index is 0.0467. The highest BCUT2D eigenvalue weighted by atomic mass is 19.1. The van der Waals surface area contributed by atoms with E-state index in [4.69, 9.17) is 23.7 Å². The Balaban J connectivity index is 1.01. The first-order valence-corrected chi connectivity index (χ1v) is 23.3. The first-order valence-electron chi connectivity index (χ1n) is 23.3. The van der Waals surface area contributed by atoms with Crippen LogP contribution in [0, 0.1) is 17.6 Å². The number of halogens is 2. The number of hydrogen-bond acceptors (Lipinski definition) is 6. The fourth-order valence-electron chi connectivity index (χ4n) is 9.11. The summed E-state index contributed by atoms with van der Waals surface area (Å²) in [5.74, 6) is -1.08. The van der Waals surface area contributed by atoms with Gasteiger partial charge in [0.25, 0.3) is 0 Å². The monoisotopic (exact) mass is 911 g/mol. The second-order valence-corrected chi connectivity index (χ2v) is 17.4. The zero-order chi connectivity index (χ0) is 46.5. The minimum atomic E-state index is -0.559. The molecule has 0 spiro atoms. The van der Waals surface area contributed by atoms with Crippen LogP contribution in [0.5, 0.6) is 0 Å². The van der Waals surface area contributed by atoms with Crippen molar-refractivity contribution in [2.45, 2.75) is 75.8 Å². The van der Waals surface area contributed by atoms with Gasteiger partial charge in [-0.2, -0.15) is 0 Å². The summed E-state index contributed by atoms with van der Waals surface area (Å²) in [6.07, 6.45) is 2.17. The molecule has 7 atom stereocenters. The van der Waals surface area contributed by atoms with E-state index >= 15 is 0 Å². The third kappa shape index (κ3) is 11.9. The summed E-state index contributed by atoms with van der Waals surface area (Å²) in [6, 6.07) is 60.7. The Bertz CT molecular complexity index is 2650. The summed E-state index contributed by atoms with van der Waals surface area (Å²) >= 11 is 0. The van der Waals surface area contributed by atoms with Crippen LogP contribution < -0.4 is 4.90 Å². The summed E-state index contributed by atoms with van der Waals surface area (Å²) in [5.41, 5.74) is 7.56. The van der Waals surface area contributed by atoms with Gasteiger partial charge in [0.15, 0.2) is 0 Å². The van der Waals surface area contributed by atoms with E-state index in [0.717, 1.165) is 38.9 Å². The maximum atomic E-state index is 14.1. The molecular weight excluding hydrogens is 857 g/mol. The molecule has 2 aliphatic heterocycles. The number of benzene rings is 7. The average molecular weight is 912 g/mol. The molecule has 9 heteroatoms. The largest absolute Gasteiger partial charge is 0.374 e. The van der Waals surface area contributed by atoms with Crippen LogP contribution in [-0.2, 0) is 61.3 Å². The van der Waals surface area contributed by atoms with Gasteiger partial charge in [-0.25, -0.2) is 8.78 Å². The minimum Gasteiger partial charge on any atom is -0.374 e. The van der Waals surface area contributed by atoms with Crippen LogP contribution in [0.15, 0.2) is 200 Å². The lowest BCUT2D eigenvalue weighted by Crippen LogP contribution is -2.61. The van der Waals surface area contributed by atoms with Crippen LogP contribution >= 0.6 is 0 Å². The molecule has 7 nitrogen and oxygen atoms in total. The van der Waals surface area contributed by atoms with Crippen molar-refractivity contribution >= 4 is 17.7 Å². The summed E-state index contributed by atoms with van der Waals surface area (Å²) in [6.45, 7) is 1.68. The molecule has 0 aliphatic carbocycles. The molecule has 68 heavy (non-hydrogen) atoms. The smallest absolute Gasteiger partial charge is 0.233 e. The molecule has 9 rings (SSSR count). The molecule has 2 saturated heterocycles. The van der Waals surface area contributed by atoms with Gasteiger partial charge < -0.3 is 28.6 Å². The van der Waals surface area contributed by atoms with Gasteiger partial charge in [0, 0.05) is 12.1 Å². The topological polar surface area (TPSA) is 66.5 Å². The number of ether oxygens (including phenoxy) is 5. The molecule has 0 radical (unpaired) electrons. The lowest BCUT2D eigenvalue weighted by molar-refractivity contribution is -0.272. The van der Waals surface area contributed by atoms with Gasteiger partial charge in [0.05, 0.1) is 51.1 Å². The van der Waals surface area contributed by atoms with Crippen LogP contribution in [0.4, 0.5) is 14.5 Å². The molecule has 0 bridgehead atoms. The Morgan fingerprint density at radius 1 is 0.500 bits per heavy atom. The van der Waals surface area contributed by atoms with Gasteiger partial charge in [-0.3, -0.25) is 4.79 Å². The van der Waals surface area contributed by atoms with E-state index in [9.17, 15) is 13.6 Å². The van der Waals surface area contributed by atoms with E-state index in [2.05, 4.69) is 36.4 Å². The normalized spacial score (nSPS) is 21.5. The molecule has 0 saturated carbocycles. The first-order chi connectivity index (χ1) is 33.4. The summed E-state index contributed by atoms with van der Waals surface area (Å²) in [7, 11) is 0. The molecule has 1 amide bonds. The van der Waals surface area contributed by atoms with Crippen molar-refractivity contribution in [2.24, 2.45) is 5.92 Å². The van der Waals surface area contributed by atoms with Crippen molar-refractivity contribution in [3.05, 3.63) is 251 Å². The van der Waals surface area contributed by atoms with Gasteiger partial charge in [-0.05, 0) is 81.8 Å². The number of amides is 1. The van der Waals surface area contributed by atoms with Crippen molar-refractivity contribution in [1.29, 1.82) is 0 Å². The number of carbonyl (C=O) groups is 1. The Hall–Kier alpha value is -6.59. The predicted molar refractivity (Wildman–Crippen MR) is 260 cm³/mol. The zero-order valence-electron chi connectivity index (χ0n) is 37.8. The van der Waals surface area contributed by atoms with Crippen LogP contribution in [0.2, 0.25) is 0 Å². The quantitative estimate of drug-likeness (QED) is 0.0710. The van der Waals surface area contributed by atoms with Crippen LogP contribution in [0.3, 0.4) is 0 Å². The van der Waals surface area contributed by atoms with Crippen molar-refractivity contribution < 1.29 is 37.3 Å². The van der Waals surface area contributed by atoms with Gasteiger partial charge >= 0.3 is 0 Å². The number of hydrogen-bond donors (Lipinski definition) is 0.